The van der Waals surface area contributed by atoms with Gasteiger partial charge < -0.3 is 4.52 Å². The van der Waals surface area contributed by atoms with E-state index in [4.69, 9.17) is 4.52 Å². The fourth-order valence-electron chi connectivity index (χ4n) is 2.56. The Morgan fingerprint density at radius 2 is 2.14 bits per heavy atom. The smallest absolute Gasteiger partial charge is 0.188 e. The Hall–Kier alpha value is -1.69. The van der Waals surface area contributed by atoms with E-state index in [1.807, 2.05) is 0 Å². The third kappa shape index (κ3) is 3.06. The Labute approximate surface area is 133 Å². The standard InChI is InChI=1S/C16H19N3O2S/c1-16(2,3)14-10(8-21-19-14)9-22-15-17-7-11-12(18-15)5-4-6-13(11)20/h7-8H,4-6,9H2,1-3H3. The van der Waals surface area contributed by atoms with E-state index in [0.717, 1.165) is 29.8 Å². The van der Waals surface area contributed by atoms with Gasteiger partial charge in [-0.05, 0) is 12.8 Å². The monoisotopic (exact) mass is 317 g/mol. The van der Waals surface area contributed by atoms with Gasteiger partial charge in [-0.3, -0.25) is 4.79 Å². The highest BCUT2D eigenvalue weighted by Crippen LogP contribution is 2.29. The average molecular weight is 317 g/mol. The lowest BCUT2D eigenvalue weighted by Crippen LogP contribution is -2.14. The Morgan fingerprint density at radius 3 is 2.91 bits per heavy atom. The number of nitrogens with zero attached hydrogens (tertiary/aromatic N) is 3. The fraction of sp³-hybridized carbons (Fsp3) is 0.500. The first-order valence-corrected chi connectivity index (χ1v) is 8.39. The van der Waals surface area contributed by atoms with E-state index >= 15 is 0 Å². The lowest BCUT2D eigenvalue weighted by Gasteiger charge is -2.16. The summed E-state index contributed by atoms with van der Waals surface area (Å²) in [7, 11) is 0. The van der Waals surface area contributed by atoms with Gasteiger partial charge in [0.1, 0.15) is 6.26 Å². The Balaban J connectivity index is 1.75. The van der Waals surface area contributed by atoms with Crippen molar-refractivity contribution in [2.75, 3.05) is 0 Å². The molecule has 0 spiro atoms. The first kappa shape index (κ1) is 15.2. The van der Waals surface area contributed by atoms with Gasteiger partial charge in [0.05, 0.1) is 17.0 Å². The van der Waals surface area contributed by atoms with Crippen molar-refractivity contribution in [3.63, 3.8) is 0 Å². The van der Waals surface area contributed by atoms with E-state index in [1.54, 1.807) is 24.2 Å². The highest BCUT2D eigenvalue weighted by atomic mass is 32.2. The van der Waals surface area contributed by atoms with Crippen LogP contribution in [0.5, 0.6) is 0 Å². The van der Waals surface area contributed by atoms with Crippen molar-refractivity contribution in [3.8, 4) is 0 Å². The molecule has 5 nitrogen and oxygen atoms in total. The van der Waals surface area contributed by atoms with Crippen LogP contribution >= 0.6 is 11.8 Å². The van der Waals surface area contributed by atoms with E-state index < -0.39 is 0 Å². The maximum Gasteiger partial charge on any atom is 0.188 e. The molecule has 2 aromatic heterocycles. The van der Waals surface area contributed by atoms with Crippen LogP contribution in [0.1, 0.15) is 60.9 Å². The molecule has 2 aromatic rings. The van der Waals surface area contributed by atoms with Gasteiger partial charge in [0, 0.05) is 29.3 Å². The number of thioether (sulfide) groups is 1. The number of Topliss-reactive ketones (excluding diaryl/α,β-unsaturated/α-hetero) is 1. The molecule has 0 radical (unpaired) electrons. The number of hydrogen-bond donors (Lipinski definition) is 0. The molecule has 2 heterocycles. The van der Waals surface area contributed by atoms with Gasteiger partial charge in [-0.15, -0.1) is 0 Å². The number of carbonyl (C=O) groups is 1. The maximum absolute atomic E-state index is 11.8. The van der Waals surface area contributed by atoms with Crippen molar-refractivity contribution in [3.05, 3.63) is 35.0 Å². The molecule has 3 rings (SSSR count). The van der Waals surface area contributed by atoms with E-state index in [0.29, 0.717) is 22.9 Å². The van der Waals surface area contributed by atoms with Crippen LogP contribution in [-0.2, 0) is 17.6 Å². The zero-order valence-corrected chi connectivity index (χ0v) is 13.9. The van der Waals surface area contributed by atoms with E-state index in [-0.39, 0.29) is 11.2 Å². The molecule has 1 aliphatic carbocycles. The predicted octanol–water partition coefficient (Wildman–Crippen LogP) is 3.57. The van der Waals surface area contributed by atoms with Crippen LogP contribution in [0.3, 0.4) is 0 Å². The van der Waals surface area contributed by atoms with Crippen molar-refractivity contribution in [1.29, 1.82) is 0 Å². The molecular weight excluding hydrogens is 298 g/mol. The zero-order valence-electron chi connectivity index (χ0n) is 13.0. The van der Waals surface area contributed by atoms with Gasteiger partial charge in [0.2, 0.25) is 0 Å². The molecule has 0 aliphatic heterocycles. The summed E-state index contributed by atoms with van der Waals surface area (Å²) < 4.78 is 5.12. The van der Waals surface area contributed by atoms with Crippen LogP contribution in [0.25, 0.3) is 0 Å². The second-order valence-corrected chi connectivity index (χ2v) is 7.46. The van der Waals surface area contributed by atoms with E-state index in [2.05, 4.69) is 35.9 Å². The Bertz CT molecular complexity index is 704. The molecule has 0 saturated heterocycles. The molecule has 0 fully saturated rings. The molecule has 22 heavy (non-hydrogen) atoms. The van der Waals surface area contributed by atoms with Crippen LogP contribution in [0.4, 0.5) is 0 Å². The second kappa shape index (κ2) is 5.83. The predicted molar refractivity (Wildman–Crippen MR) is 84.1 cm³/mol. The summed E-state index contributed by atoms with van der Waals surface area (Å²) >= 11 is 1.55. The maximum atomic E-state index is 11.8. The van der Waals surface area contributed by atoms with Crippen molar-refractivity contribution in [2.45, 2.75) is 56.4 Å². The number of carbonyl (C=O) groups excluding carboxylic acids is 1. The van der Waals surface area contributed by atoms with Gasteiger partial charge in [-0.1, -0.05) is 37.7 Å². The number of ketones is 1. The Kier molecular flexibility index (Phi) is 4.04. The molecule has 1 aliphatic rings. The quantitative estimate of drug-likeness (QED) is 0.636. The summed E-state index contributed by atoms with van der Waals surface area (Å²) in [5.41, 5.74) is 3.56. The molecule has 0 saturated carbocycles. The highest BCUT2D eigenvalue weighted by molar-refractivity contribution is 7.98. The van der Waals surface area contributed by atoms with Gasteiger partial charge in [-0.25, -0.2) is 9.97 Å². The van der Waals surface area contributed by atoms with Crippen LogP contribution in [-0.4, -0.2) is 20.9 Å². The fourth-order valence-corrected chi connectivity index (χ4v) is 3.35. The van der Waals surface area contributed by atoms with Crippen molar-refractivity contribution < 1.29 is 9.32 Å². The third-order valence-corrected chi connectivity index (χ3v) is 4.58. The SMILES string of the molecule is CC(C)(C)c1nocc1CSc1ncc2c(n1)CCCC2=O. The first-order valence-electron chi connectivity index (χ1n) is 7.41. The van der Waals surface area contributed by atoms with Crippen molar-refractivity contribution >= 4 is 17.5 Å². The largest absolute Gasteiger partial charge is 0.364 e. The molecule has 0 atom stereocenters. The summed E-state index contributed by atoms with van der Waals surface area (Å²) in [5, 5.41) is 4.81. The summed E-state index contributed by atoms with van der Waals surface area (Å²) in [6.45, 7) is 6.33. The summed E-state index contributed by atoms with van der Waals surface area (Å²) in [5.74, 6) is 0.870. The summed E-state index contributed by atoms with van der Waals surface area (Å²) in [6.07, 6.45) is 5.71. The van der Waals surface area contributed by atoms with Crippen LogP contribution in [0.2, 0.25) is 0 Å². The van der Waals surface area contributed by atoms with Gasteiger partial charge in [-0.2, -0.15) is 0 Å². The van der Waals surface area contributed by atoms with E-state index in [9.17, 15) is 4.79 Å². The molecule has 6 heteroatoms. The molecule has 0 unspecified atom stereocenters. The molecule has 0 bridgehead atoms. The Morgan fingerprint density at radius 1 is 1.32 bits per heavy atom. The topological polar surface area (TPSA) is 68.9 Å². The van der Waals surface area contributed by atoms with Gasteiger partial charge in [0.25, 0.3) is 0 Å². The summed E-state index contributed by atoms with van der Waals surface area (Å²) in [4.78, 5) is 20.6. The lowest BCUT2D eigenvalue weighted by molar-refractivity contribution is 0.0970. The average Bonchev–Trinajstić information content (AvgIpc) is 2.94. The molecule has 0 N–H and O–H groups in total. The lowest BCUT2D eigenvalue weighted by atomic mass is 9.90. The van der Waals surface area contributed by atoms with Crippen LogP contribution in [0.15, 0.2) is 22.1 Å². The second-order valence-electron chi connectivity index (χ2n) is 6.52. The third-order valence-electron chi connectivity index (χ3n) is 3.67. The van der Waals surface area contributed by atoms with Crippen molar-refractivity contribution in [1.82, 2.24) is 15.1 Å². The molecular formula is C16H19N3O2S. The minimum absolute atomic E-state index is 0.0496. The minimum atomic E-state index is -0.0496. The summed E-state index contributed by atoms with van der Waals surface area (Å²) in [6, 6.07) is 0. The van der Waals surface area contributed by atoms with Crippen molar-refractivity contribution in [2.24, 2.45) is 0 Å². The van der Waals surface area contributed by atoms with Crippen LogP contribution in [0, 0.1) is 0 Å². The zero-order chi connectivity index (χ0) is 15.7. The number of aromatic nitrogens is 3. The molecule has 116 valence electrons. The number of rotatable bonds is 3. The number of fused-ring (bicyclic) bond motifs is 1. The molecule has 0 aromatic carbocycles. The normalized spacial score (nSPS) is 15.0. The minimum Gasteiger partial charge on any atom is -0.364 e. The number of hydrogen-bond acceptors (Lipinski definition) is 6. The van der Waals surface area contributed by atoms with E-state index in [1.165, 1.54) is 0 Å². The first-order chi connectivity index (χ1) is 10.4. The van der Waals surface area contributed by atoms with Gasteiger partial charge >= 0.3 is 0 Å². The molecule has 0 amide bonds. The van der Waals surface area contributed by atoms with Crippen LogP contribution < -0.4 is 0 Å². The van der Waals surface area contributed by atoms with Gasteiger partial charge in [0.15, 0.2) is 10.9 Å². The highest BCUT2D eigenvalue weighted by Gasteiger charge is 2.23. The number of aryl methyl sites for hydroxylation is 1.